The summed E-state index contributed by atoms with van der Waals surface area (Å²) >= 11 is 6.34. The SMILES string of the molecule is CC1(C)CN(CCCC2C3CCCNC3COC3CCC(OCC(O)O)CC32)CCC1(O)C1=CCC(Cl)CC1. The first-order valence-corrected chi connectivity index (χ1v) is 16.2. The molecule has 7 nitrogen and oxygen atoms in total. The Labute approximate surface area is 240 Å². The summed E-state index contributed by atoms with van der Waals surface area (Å²) < 4.78 is 12.4. The highest BCUT2D eigenvalue weighted by molar-refractivity contribution is 6.20. The second-order valence-corrected chi connectivity index (χ2v) is 14.4. The van der Waals surface area contributed by atoms with Crippen LogP contribution in [0.15, 0.2) is 11.6 Å². The fourth-order valence-corrected chi connectivity index (χ4v) is 8.95. The van der Waals surface area contributed by atoms with Crippen molar-refractivity contribution >= 4 is 11.6 Å². The van der Waals surface area contributed by atoms with E-state index in [1.54, 1.807) is 0 Å². The van der Waals surface area contributed by atoms with Gasteiger partial charge in [-0.25, -0.2) is 0 Å². The van der Waals surface area contributed by atoms with Crippen LogP contribution in [0.5, 0.6) is 0 Å². The molecule has 0 spiro atoms. The summed E-state index contributed by atoms with van der Waals surface area (Å²) in [6, 6.07) is 0.438. The zero-order valence-electron chi connectivity index (χ0n) is 24.2. The van der Waals surface area contributed by atoms with Gasteiger partial charge in [0.15, 0.2) is 6.29 Å². The molecule has 3 heterocycles. The highest BCUT2D eigenvalue weighted by atomic mass is 35.5. The van der Waals surface area contributed by atoms with Crippen molar-refractivity contribution < 1.29 is 24.8 Å². The summed E-state index contributed by atoms with van der Waals surface area (Å²) in [6.07, 6.45) is 12.4. The third-order valence-electron chi connectivity index (χ3n) is 10.9. The lowest BCUT2D eigenvalue weighted by atomic mass is 9.64. The van der Waals surface area contributed by atoms with Gasteiger partial charge in [0.1, 0.15) is 0 Å². The number of allylic oxidation sites excluding steroid dienone is 1. The predicted octanol–water partition coefficient (Wildman–Crippen LogP) is 3.83. The Morgan fingerprint density at radius 3 is 2.79 bits per heavy atom. The maximum atomic E-state index is 11.8. The van der Waals surface area contributed by atoms with Crippen LogP contribution in [0.4, 0.5) is 0 Å². The van der Waals surface area contributed by atoms with Crippen LogP contribution < -0.4 is 5.32 Å². The monoisotopic (exact) mass is 568 g/mol. The van der Waals surface area contributed by atoms with E-state index in [-0.39, 0.29) is 29.6 Å². The van der Waals surface area contributed by atoms with Crippen LogP contribution in [0.1, 0.15) is 84.5 Å². The molecular formula is C31H53ClN2O5. The quantitative estimate of drug-likeness (QED) is 0.201. The molecule has 4 fully saturated rings. The minimum atomic E-state index is -1.41. The molecule has 3 aliphatic heterocycles. The lowest BCUT2D eigenvalue weighted by Crippen LogP contribution is -2.58. The summed E-state index contributed by atoms with van der Waals surface area (Å²) in [6.45, 7) is 9.28. The van der Waals surface area contributed by atoms with Crippen molar-refractivity contribution in [2.24, 2.45) is 23.2 Å². The van der Waals surface area contributed by atoms with E-state index < -0.39 is 11.9 Å². The number of fused-ring (bicyclic) bond motifs is 2. The smallest absolute Gasteiger partial charge is 0.175 e. The number of aliphatic hydroxyl groups is 3. The van der Waals surface area contributed by atoms with Crippen molar-refractivity contribution in [3.05, 3.63) is 11.6 Å². The topological polar surface area (TPSA) is 94.4 Å². The van der Waals surface area contributed by atoms with Gasteiger partial charge in [0.2, 0.25) is 0 Å². The van der Waals surface area contributed by atoms with E-state index in [1.807, 2.05) is 0 Å². The van der Waals surface area contributed by atoms with Crippen molar-refractivity contribution in [2.45, 2.75) is 120 Å². The van der Waals surface area contributed by atoms with E-state index in [0.717, 1.165) is 84.2 Å². The standard InChI is InChI=1S/C31H53ClN2O5/c1-30(2)20-34(16-13-31(30,37)21-7-9-22(32)10-8-21)15-4-6-24-25-5-3-14-33-27(25)18-39-28-12-11-23(17-26(24)28)38-19-29(35)36/h7,22-29,33,35-37H,3-6,8-20H2,1-2H3. The van der Waals surface area contributed by atoms with Crippen molar-refractivity contribution in [3.8, 4) is 0 Å². The van der Waals surface area contributed by atoms with Crippen LogP contribution in [0, 0.1) is 23.2 Å². The number of piperidine rings is 2. The van der Waals surface area contributed by atoms with Gasteiger partial charge in [-0.05, 0) is 107 Å². The molecule has 4 N–H and O–H groups in total. The Morgan fingerprint density at radius 1 is 1.21 bits per heavy atom. The average Bonchev–Trinajstić information content (AvgIpc) is 3.06. The van der Waals surface area contributed by atoms with Crippen LogP contribution in [-0.4, -0.2) is 95.1 Å². The van der Waals surface area contributed by atoms with Gasteiger partial charge in [-0.1, -0.05) is 19.9 Å². The molecule has 5 aliphatic rings. The molecule has 0 aromatic heterocycles. The van der Waals surface area contributed by atoms with Crippen LogP contribution in [0.25, 0.3) is 0 Å². The Balaban J connectivity index is 1.21. The van der Waals surface area contributed by atoms with Gasteiger partial charge in [-0.3, -0.25) is 0 Å². The van der Waals surface area contributed by atoms with Gasteiger partial charge in [-0.15, -0.1) is 11.6 Å². The third-order valence-corrected chi connectivity index (χ3v) is 11.3. The summed E-state index contributed by atoms with van der Waals surface area (Å²) in [5, 5.41) is 34.5. The number of nitrogens with one attached hydrogen (secondary N) is 1. The zero-order valence-corrected chi connectivity index (χ0v) is 25.0. The highest BCUT2D eigenvalue weighted by Crippen LogP contribution is 2.48. The Morgan fingerprint density at radius 2 is 2.05 bits per heavy atom. The molecule has 0 amide bonds. The molecule has 1 saturated carbocycles. The first kappa shape index (κ1) is 30.2. The molecule has 0 aromatic carbocycles. The summed E-state index contributed by atoms with van der Waals surface area (Å²) in [5.41, 5.74) is 0.292. The molecule has 8 atom stereocenters. The second kappa shape index (κ2) is 12.9. The van der Waals surface area contributed by atoms with Gasteiger partial charge < -0.3 is 35.0 Å². The molecule has 0 radical (unpaired) electrons. The molecule has 2 aliphatic carbocycles. The third kappa shape index (κ3) is 6.88. The summed E-state index contributed by atoms with van der Waals surface area (Å²) in [4.78, 5) is 2.58. The number of hydrogen-bond donors (Lipinski definition) is 4. The van der Waals surface area contributed by atoms with E-state index in [2.05, 4.69) is 30.1 Å². The number of nitrogens with zero attached hydrogens (tertiary/aromatic N) is 1. The van der Waals surface area contributed by atoms with Crippen LogP contribution in [-0.2, 0) is 9.47 Å². The largest absolute Gasteiger partial charge is 0.385 e. The first-order chi connectivity index (χ1) is 18.7. The van der Waals surface area contributed by atoms with Crippen LogP contribution in [0.2, 0.25) is 0 Å². The summed E-state index contributed by atoms with van der Waals surface area (Å²) in [5.74, 6) is 1.68. The molecule has 0 bridgehead atoms. The van der Waals surface area contributed by atoms with Gasteiger partial charge in [0.25, 0.3) is 0 Å². The molecule has 3 saturated heterocycles. The van der Waals surface area contributed by atoms with E-state index in [9.17, 15) is 15.3 Å². The number of halogens is 1. The molecule has 224 valence electrons. The number of rotatable bonds is 8. The van der Waals surface area contributed by atoms with Crippen molar-refractivity contribution in [1.82, 2.24) is 10.2 Å². The van der Waals surface area contributed by atoms with Gasteiger partial charge in [-0.2, -0.15) is 0 Å². The van der Waals surface area contributed by atoms with Crippen LogP contribution in [0.3, 0.4) is 0 Å². The van der Waals surface area contributed by atoms with Crippen molar-refractivity contribution in [3.63, 3.8) is 0 Å². The molecule has 39 heavy (non-hydrogen) atoms. The molecule has 5 rings (SSSR count). The van der Waals surface area contributed by atoms with E-state index in [4.69, 9.17) is 21.1 Å². The lowest BCUT2D eigenvalue weighted by Gasteiger charge is -2.52. The Kier molecular flexibility index (Phi) is 10.0. The number of hydrogen-bond acceptors (Lipinski definition) is 7. The Hall–Kier alpha value is -0.250. The van der Waals surface area contributed by atoms with Crippen LogP contribution >= 0.6 is 11.6 Å². The molecule has 8 unspecified atom stereocenters. The van der Waals surface area contributed by atoms with E-state index >= 15 is 0 Å². The minimum absolute atomic E-state index is 0.0123. The number of likely N-dealkylation sites (tertiary alicyclic amines) is 1. The van der Waals surface area contributed by atoms with Crippen molar-refractivity contribution in [2.75, 3.05) is 39.4 Å². The minimum Gasteiger partial charge on any atom is -0.385 e. The number of alkyl halides is 1. The normalized spacial score (nSPS) is 41.4. The maximum absolute atomic E-state index is 11.8. The summed E-state index contributed by atoms with van der Waals surface area (Å²) in [7, 11) is 0. The molecular weight excluding hydrogens is 516 g/mol. The van der Waals surface area contributed by atoms with Gasteiger partial charge in [0.05, 0.1) is 31.0 Å². The zero-order chi connectivity index (χ0) is 27.6. The molecule has 0 aromatic rings. The highest BCUT2D eigenvalue weighted by Gasteiger charge is 2.50. The lowest BCUT2D eigenvalue weighted by molar-refractivity contribution is -0.133. The van der Waals surface area contributed by atoms with Crippen molar-refractivity contribution in [1.29, 1.82) is 0 Å². The average molecular weight is 569 g/mol. The van der Waals surface area contributed by atoms with E-state index in [0.29, 0.717) is 23.8 Å². The second-order valence-electron chi connectivity index (χ2n) is 13.8. The van der Waals surface area contributed by atoms with Gasteiger partial charge >= 0.3 is 0 Å². The number of ether oxygens (including phenoxy) is 2. The number of aliphatic hydroxyl groups excluding tert-OH is 1. The maximum Gasteiger partial charge on any atom is 0.175 e. The fourth-order valence-electron chi connectivity index (χ4n) is 8.76. The Bertz CT molecular complexity index is 840. The first-order valence-electron chi connectivity index (χ1n) is 15.8. The van der Waals surface area contributed by atoms with Gasteiger partial charge in [0, 0.05) is 29.9 Å². The fraction of sp³-hybridized carbons (Fsp3) is 0.935. The van der Waals surface area contributed by atoms with E-state index in [1.165, 1.54) is 24.8 Å². The predicted molar refractivity (Wildman–Crippen MR) is 154 cm³/mol. The molecule has 8 heteroatoms.